The van der Waals surface area contributed by atoms with Gasteiger partial charge in [0.05, 0.1) is 29.5 Å². The van der Waals surface area contributed by atoms with Crippen LogP contribution in [-0.2, 0) is 4.79 Å². The largest absolute Gasteiger partial charge is 0.490 e. The van der Waals surface area contributed by atoms with E-state index in [-0.39, 0.29) is 0 Å². The van der Waals surface area contributed by atoms with Crippen molar-refractivity contribution in [3.05, 3.63) is 64.2 Å². The molecule has 1 aliphatic heterocycles. The first-order chi connectivity index (χ1) is 14.5. The Morgan fingerprint density at radius 2 is 1.90 bits per heavy atom. The molecular formula is C23H23ClN2O4. The molecule has 1 heterocycles. The number of hydrogen-bond donors (Lipinski definition) is 0. The molecule has 0 bridgehead atoms. The Labute approximate surface area is 180 Å². The Hall–Kier alpha value is -3.12. The van der Waals surface area contributed by atoms with Crippen molar-refractivity contribution >= 4 is 35.2 Å². The van der Waals surface area contributed by atoms with Gasteiger partial charge in [-0.1, -0.05) is 36.7 Å². The zero-order valence-corrected chi connectivity index (χ0v) is 17.9. The van der Waals surface area contributed by atoms with Crippen LogP contribution in [0.5, 0.6) is 11.5 Å². The van der Waals surface area contributed by atoms with Gasteiger partial charge in [-0.2, -0.15) is 10.1 Å². The molecule has 0 fully saturated rings. The number of carbonyl (C=O) groups is 2. The van der Waals surface area contributed by atoms with Crippen molar-refractivity contribution in [3.8, 4) is 11.5 Å². The summed E-state index contributed by atoms with van der Waals surface area (Å²) in [5, 5.41) is 5.43. The minimum atomic E-state index is -0.484. The van der Waals surface area contributed by atoms with Crippen molar-refractivity contribution in [3.63, 3.8) is 0 Å². The van der Waals surface area contributed by atoms with Gasteiger partial charge in [-0.15, -0.1) is 0 Å². The summed E-state index contributed by atoms with van der Waals surface area (Å²) in [4.78, 5) is 25.5. The average molecular weight is 427 g/mol. The second-order valence-electron chi connectivity index (χ2n) is 6.64. The first-order valence-corrected chi connectivity index (χ1v) is 10.1. The molecular weight excluding hydrogens is 404 g/mol. The predicted octanol–water partition coefficient (Wildman–Crippen LogP) is 4.97. The molecule has 0 unspecified atom stereocenters. The summed E-state index contributed by atoms with van der Waals surface area (Å²) in [5.74, 6) is 0.0236. The second kappa shape index (κ2) is 9.59. The lowest BCUT2D eigenvalue weighted by molar-refractivity contribution is -0.123. The second-order valence-corrected chi connectivity index (χ2v) is 7.05. The Morgan fingerprint density at radius 1 is 1.17 bits per heavy atom. The number of nitrogens with zero attached hydrogens (tertiary/aromatic N) is 2. The van der Waals surface area contributed by atoms with Crippen LogP contribution in [0.1, 0.15) is 43.1 Å². The van der Waals surface area contributed by atoms with Gasteiger partial charge in [0.2, 0.25) is 0 Å². The van der Waals surface area contributed by atoms with E-state index in [2.05, 4.69) is 5.10 Å². The molecule has 3 rings (SSSR count). The molecule has 6 nitrogen and oxygen atoms in total. The van der Waals surface area contributed by atoms with Crippen LogP contribution in [0.4, 0.5) is 0 Å². The molecule has 0 N–H and O–H groups in total. The van der Waals surface area contributed by atoms with E-state index in [1.165, 1.54) is 0 Å². The molecule has 0 spiro atoms. The van der Waals surface area contributed by atoms with Gasteiger partial charge < -0.3 is 9.47 Å². The number of hydrogen-bond acceptors (Lipinski definition) is 5. The molecule has 0 saturated carbocycles. The fourth-order valence-corrected chi connectivity index (χ4v) is 3.24. The maximum atomic E-state index is 12.9. The minimum Gasteiger partial charge on any atom is -0.490 e. The van der Waals surface area contributed by atoms with Crippen LogP contribution in [0.15, 0.2) is 53.1 Å². The monoisotopic (exact) mass is 426 g/mol. The lowest BCUT2D eigenvalue weighted by atomic mass is 10.1. The molecule has 156 valence electrons. The highest BCUT2D eigenvalue weighted by molar-refractivity contribution is 6.33. The Morgan fingerprint density at radius 3 is 2.57 bits per heavy atom. The van der Waals surface area contributed by atoms with E-state index in [0.29, 0.717) is 52.1 Å². The van der Waals surface area contributed by atoms with Crippen LogP contribution < -0.4 is 9.47 Å². The molecule has 7 heteroatoms. The molecule has 0 aromatic heterocycles. The van der Waals surface area contributed by atoms with E-state index >= 15 is 0 Å². The van der Waals surface area contributed by atoms with Crippen molar-refractivity contribution in [2.75, 3.05) is 13.2 Å². The van der Waals surface area contributed by atoms with Crippen molar-refractivity contribution in [2.45, 2.75) is 27.2 Å². The van der Waals surface area contributed by atoms with Gasteiger partial charge in [0.15, 0.2) is 11.5 Å². The first-order valence-electron chi connectivity index (χ1n) is 9.76. The van der Waals surface area contributed by atoms with Gasteiger partial charge in [0.25, 0.3) is 11.8 Å². The van der Waals surface area contributed by atoms with Crippen LogP contribution in [0, 0.1) is 0 Å². The Kier molecular flexibility index (Phi) is 6.90. The molecule has 1 aliphatic rings. The fourth-order valence-electron chi connectivity index (χ4n) is 2.97. The summed E-state index contributed by atoms with van der Waals surface area (Å²) in [6.45, 7) is 6.51. The van der Waals surface area contributed by atoms with Crippen LogP contribution >= 0.6 is 11.6 Å². The van der Waals surface area contributed by atoms with E-state index in [1.807, 2.05) is 13.8 Å². The molecule has 0 aliphatic carbocycles. The summed E-state index contributed by atoms with van der Waals surface area (Å²) in [6, 6.07) is 12.0. The van der Waals surface area contributed by atoms with Crippen LogP contribution in [0.3, 0.4) is 0 Å². The Balaban J connectivity index is 1.92. The quantitative estimate of drug-likeness (QED) is 0.463. The maximum Gasteiger partial charge on any atom is 0.283 e. The van der Waals surface area contributed by atoms with Crippen molar-refractivity contribution < 1.29 is 19.1 Å². The van der Waals surface area contributed by atoms with Crippen molar-refractivity contribution in [1.29, 1.82) is 0 Å². The maximum absolute atomic E-state index is 12.9. The highest BCUT2D eigenvalue weighted by atomic mass is 35.5. The van der Waals surface area contributed by atoms with Gasteiger partial charge in [-0.05, 0) is 56.2 Å². The molecule has 0 atom stereocenters. The van der Waals surface area contributed by atoms with Gasteiger partial charge >= 0.3 is 0 Å². The molecule has 0 radical (unpaired) electrons. The number of ether oxygens (including phenoxy) is 2. The summed E-state index contributed by atoms with van der Waals surface area (Å²) in [6.07, 6.45) is 2.49. The lowest BCUT2D eigenvalue weighted by Gasteiger charge is -2.14. The van der Waals surface area contributed by atoms with E-state index in [1.54, 1.807) is 55.5 Å². The Bertz CT molecular complexity index is 1020. The minimum absolute atomic E-state index is 0.319. The van der Waals surface area contributed by atoms with Crippen LogP contribution in [0.2, 0.25) is 5.02 Å². The zero-order valence-electron chi connectivity index (χ0n) is 17.1. The SMILES string of the molecule is CCCOc1c(Cl)cc(/C=C2/C(=O)N(C(=O)c3ccccc3)N=C2C)cc1OCC. The lowest BCUT2D eigenvalue weighted by Crippen LogP contribution is -2.29. The third-order valence-electron chi connectivity index (χ3n) is 4.37. The number of hydrazone groups is 1. The zero-order chi connectivity index (χ0) is 21.7. The highest BCUT2D eigenvalue weighted by Gasteiger charge is 2.33. The number of amides is 2. The van der Waals surface area contributed by atoms with E-state index in [9.17, 15) is 9.59 Å². The summed E-state index contributed by atoms with van der Waals surface area (Å²) in [5.41, 5.74) is 1.81. The van der Waals surface area contributed by atoms with Crippen molar-refractivity contribution in [1.82, 2.24) is 5.01 Å². The van der Waals surface area contributed by atoms with Gasteiger partial charge in [-0.3, -0.25) is 9.59 Å². The highest BCUT2D eigenvalue weighted by Crippen LogP contribution is 2.37. The van der Waals surface area contributed by atoms with E-state index in [4.69, 9.17) is 21.1 Å². The van der Waals surface area contributed by atoms with Gasteiger partial charge in [0.1, 0.15) is 0 Å². The number of carbonyl (C=O) groups excluding carboxylic acids is 2. The van der Waals surface area contributed by atoms with Crippen LogP contribution in [-0.4, -0.2) is 35.7 Å². The fraction of sp³-hybridized carbons (Fsp3) is 0.261. The standard InChI is InChI=1S/C23H23ClN2O4/c1-4-11-30-21-19(24)13-16(14-20(21)29-5-2)12-18-15(3)25-26(23(18)28)22(27)17-9-7-6-8-10-17/h6-10,12-14H,4-5,11H2,1-3H3/b18-12+. The summed E-state index contributed by atoms with van der Waals surface area (Å²) in [7, 11) is 0. The number of imide groups is 1. The number of rotatable bonds is 7. The van der Waals surface area contributed by atoms with Crippen LogP contribution in [0.25, 0.3) is 6.08 Å². The predicted molar refractivity (Wildman–Crippen MR) is 117 cm³/mol. The summed E-state index contributed by atoms with van der Waals surface area (Å²) >= 11 is 6.41. The first kappa shape index (κ1) is 21.6. The number of benzene rings is 2. The molecule has 2 aromatic rings. The third-order valence-corrected chi connectivity index (χ3v) is 4.65. The van der Waals surface area contributed by atoms with E-state index in [0.717, 1.165) is 11.4 Å². The van der Waals surface area contributed by atoms with Crippen molar-refractivity contribution in [2.24, 2.45) is 5.10 Å². The molecule has 2 aromatic carbocycles. The smallest absolute Gasteiger partial charge is 0.283 e. The normalized spacial score (nSPS) is 14.8. The number of halogens is 1. The van der Waals surface area contributed by atoms with Gasteiger partial charge in [0, 0.05) is 5.56 Å². The molecule has 0 saturated heterocycles. The molecule has 2 amide bonds. The third kappa shape index (κ3) is 4.54. The average Bonchev–Trinajstić information content (AvgIpc) is 3.02. The van der Waals surface area contributed by atoms with Gasteiger partial charge in [-0.25, -0.2) is 0 Å². The van der Waals surface area contributed by atoms with E-state index < -0.39 is 11.8 Å². The topological polar surface area (TPSA) is 68.2 Å². The molecule has 30 heavy (non-hydrogen) atoms. The summed E-state index contributed by atoms with van der Waals surface area (Å²) < 4.78 is 11.4.